The number of benzene rings is 2. The Morgan fingerprint density at radius 2 is 1.89 bits per heavy atom. The Morgan fingerprint density at radius 3 is 2.48 bits per heavy atom. The van der Waals surface area contributed by atoms with Crippen molar-refractivity contribution < 1.29 is 13.2 Å². The van der Waals surface area contributed by atoms with Gasteiger partial charge < -0.3 is 10.6 Å². The maximum Gasteiger partial charge on any atom is 0.192 e. The smallest absolute Gasteiger partial charge is 0.192 e. The van der Waals surface area contributed by atoms with Crippen molar-refractivity contribution in [2.45, 2.75) is 26.4 Å². The highest BCUT2D eigenvalue weighted by Crippen LogP contribution is 2.18. The van der Waals surface area contributed by atoms with Gasteiger partial charge in [-0.3, -0.25) is 0 Å². The van der Waals surface area contributed by atoms with Gasteiger partial charge in [-0.1, -0.05) is 12.1 Å². The molecule has 0 bridgehead atoms. The molecule has 144 valence electrons. The van der Waals surface area contributed by atoms with Crippen molar-refractivity contribution in [3.63, 3.8) is 0 Å². The largest absolute Gasteiger partial charge is 0.357 e. The molecule has 0 aliphatic heterocycles. The Balaban J connectivity index is 0.00000364. The maximum absolute atomic E-state index is 13.9. The molecule has 0 aromatic heterocycles. The van der Waals surface area contributed by atoms with E-state index in [0.717, 1.165) is 12.1 Å². The fourth-order valence-electron chi connectivity index (χ4n) is 2.36. The summed E-state index contributed by atoms with van der Waals surface area (Å²) in [5.74, 6) is -1.44. The highest BCUT2D eigenvalue weighted by atomic mass is 127. The topological polar surface area (TPSA) is 60.2 Å². The minimum absolute atomic E-state index is 0. The molecule has 2 rings (SSSR count). The molecule has 0 heterocycles. The van der Waals surface area contributed by atoms with E-state index in [1.54, 1.807) is 6.92 Å². The quantitative estimate of drug-likeness (QED) is 0.373. The summed E-state index contributed by atoms with van der Waals surface area (Å²) in [6, 6.07) is 8.95. The van der Waals surface area contributed by atoms with E-state index in [2.05, 4.69) is 15.6 Å². The van der Waals surface area contributed by atoms with E-state index in [1.165, 1.54) is 24.3 Å². The lowest BCUT2D eigenvalue weighted by Crippen LogP contribution is -2.39. The molecule has 4 nitrogen and oxygen atoms in total. The first kappa shape index (κ1) is 22.8. The van der Waals surface area contributed by atoms with E-state index >= 15 is 0 Å². The molecular formula is C19H20F3IN4. The average molecular weight is 488 g/mol. The first-order chi connectivity index (χ1) is 12.4. The normalized spacial score (nSPS) is 11.9. The number of nitrogens with zero attached hydrogens (tertiary/aromatic N) is 2. The molecule has 0 saturated heterocycles. The third kappa shape index (κ3) is 6.43. The third-order valence-electron chi connectivity index (χ3n) is 3.72. The molecule has 1 atom stereocenters. The van der Waals surface area contributed by atoms with Crippen LogP contribution in [0.2, 0.25) is 0 Å². The molecule has 2 aromatic carbocycles. The number of halogens is 4. The highest BCUT2D eigenvalue weighted by molar-refractivity contribution is 14.0. The Morgan fingerprint density at radius 1 is 1.15 bits per heavy atom. The van der Waals surface area contributed by atoms with Crippen molar-refractivity contribution in [3.05, 3.63) is 70.5 Å². The zero-order valence-corrected chi connectivity index (χ0v) is 17.2. The number of nitrogens with one attached hydrogen (secondary N) is 2. The van der Waals surface area contributed by atoms with Crippen LogP contribution in [0.25, 0.3) is 0 Å². The summed E-state index contributed by atoms with van der Waals surface area (Å²) in [6.07, 6.45) is 0. The number of rotatable bonds is 5. The third-order valence-corrected chi connectivity index (χ3v) is 3.72. The van der Waals surface area contributed by atoms with E-state index in [-0.39, 0.29) is 36.1 Å². The van der Waals surface area contributed by atoms with Crippen molar-refractivity contribution in [2.24, 2.45) is 4.99 Å². The van der Waals surface area contributed by atoms with Crippen molar-refractivity contribution in [1.29, 1.82) is 5.26 Å². The summed E-state index contributed by atoms with van der Waals surface area (Å²) in [7, 11) is 0. The van der Waals surface area contributed by atoms with Crippen LogP contribution in [0.1, 0.15) is 36.6 Å². The molecule has 0 radical (unpaired) electrons. The minimum atomic E-state index is -0.654. The molecule has 0 aliphatic rings. The zero-order chi connectivity index (χ0) is 19.1. The molecular weight excluding hydrogens is 468 g/mol. The number of hydrogen-bond donors (Lipinski definition) is 2. The van der Waals surface area contributed by atoms with Gasteiger partial charge in [-0.25, -0.2) is 18.2 Å². The first-order valence-electron chi connectivity index (χ1n) is 8.13. The van der Waals surface area contributed by atoms with Crippen molar-refractivity contribution in [1.82, 2.24) is 10.6 Å². The number of nitriles is 1. The lowest BCUT2D eigenvalue weighted by atomic mass is 10.1. The van der Waals surface area contributed by atoms with Crippen LogP contribution >= 0.6 is 24.0 Å². The van der Waals surface area contributed by atoms with Crippen LogP contribution in [-0.2, 0) is 6.54 Å². The van der Waals surface area contributed by atoms with Crippen LogP contribution in [-0.4, -0.2) is 12.5 Å². The predicted octanol–water partition coefficient (Wildman–Crippen LogP) is 4.41. The summed E-state index contributed by atoms with van der Waals surface area (Å²) in [6.45, 7) is 4.18. The fraction of sp³-hybridized carbons (Fsp3) is 0.263. The second kappa shape index (κ2) is 10.8. The van der Waals surface area contributed by atoms with Gasteiger partial charge in [0.15, 0.2) is 5.96 Å². The fourth-order valence-corrected chi connectivity index (χ4v) is 2.36. The van der Waals surface area contributed by atoms with Gasteiger partial charge in [0.1, 0.15) is 17.5 Å². The van der Waals surface area contributed by atoms with Gasteiger partial charge in [0.2, 0.25) is 0 Å². The molecule has 2 aromatic rings. The molecule has 1 unspecified atom stereocenters. The molecule has 27 heavy (non-hydrogen) atoms. The van der Waals surface area contributed by atoms with E-state index < -0.39 is 23.5 Å². The highest BCUT2D eigenvalue weighted by Gasteiger charge is 2.13. The van der Waals surface area contributed by atoms with E-state index in [1.807, 2.05) is 13.0 Å². The summed E-state index contributed by atoms with van der Waals surface area (Å²) in [5.41, 5.74) is 0.865. The van der Waals surface area contributed by atoms with Crippen LogP contribution in [0.4, 0.5) is 13.2 Å². The van der Waals surface area contributed by atoms with Crippen molar-refractivity contribution >= 4 is 29.9 Å². The Kier molecular flexibility index (Phi) is 9.08. The van der Waals surface area contributed by atoms with Crippen LogP contribution in [0.5, 0.6) is 0 Å². The van der Waals surface area contributed by atoms with Crippen LogP contribution in [0.15, 0.2) is 41.4 Å². The van der Waals surface area contributed by atoms with Crippen LogP contribution in [0.3, 0.4) is 0 Å². The second-order valence-corrected chi connectivity index (χ2v) is 5.65. The minimum Gasteiger partial charge on any atom is -0.357 e. The van der Waals surface area contributed by atoms with Gasteiger partial charge in [0.25, 0.3) is 0 Å². The monoisotopic (exact) mass is 488 g/mol. The summed E-state index contributed by atoms with van der Waals surface area (Å²) < 4.78 is 40.9. The second-order valence-electron chi connectivity index (χ2n) is 5.65. The van der Waals surface area contributed by atoms with Crippen molar-refractivity contribution in [2.75, 3.05) is 6.54 Å². The lowest BCUT2D eigenvalue weighted by Gasteiger charge is -2.18. The molecule has 2 N–H and O–H groups in total. The van der Waals surface area contributed by atoms with Gasteiger partial charge in [-0.2, -0.15) is 5.26 Å². The number of guanidine groups is 1. The summed E-state index contributed by atoms with van der Waals surface area (Å²) in [5, 5.41) is 14.8. The van der Waals surface area contributed by atoms with Gasteiger partial charge in [0.05, 0.1) is 24.2 Å². The lowest BCUT2D eigenvalue weighted by molar-refractivity contribution is 0.550. The van der Waals surface area contributed by atoms with E-state index in [0.29, 0.717) is 23.6 Å². The standard InChI is InChI=1S/C19H19F3N4.HI/c1-3-24-19(25-11-14-5-4-13(10-23)8-17(14)21)26-12(2)16-7-6-15(20)9-18(16)22;/h4-9,12H,3,11H2,1-2H3,(H2,24,25,26);1H. The van der Waals surface area contributed by atoms with Gasteiger partial charge in [-0.05, 0) is 32.0 Å². The van der Waals surface area contributed by atoms with Crippen LogP contribution in [0, 0.1) is 28.8 Å². The van der Waals surface area contributed by atoms with Gasteiger partial charge in [0, 0.05) is 23.7 Å². The first-order valence-corrected chi connectivity index (χ1v) is 8.13. The Bertz CT molecular complexity index is 849. The van der Waals surface area contributed by atoms with Crippen LogP contribution < -0.4 is 10.6 Å². The number of aliphatic imine (C=N–C) groups is 1. The molecule has 0 aliphatic carbocycles. The molecule has 0 amide bonds. The summed E-state index contributed by atoms with van der Waals surface area (Å²) in [4.78, 5) is 4.29. The van der Waals surface area contributed by atoms with E-state index in [4.69, 9.17) is 5.26 Å². The molecule has 0 fully saturated rings. The molecule has 0 spiro atoms. The summed E-state index contributed by atoms with van der Waals surface area (Å²) >= 11 is 0. The van der Waals surface area contributed by atoms with Gasteiger partial charge in [-0.15, -0.1) is 24.0 Å². The average Bonchev–Trinajstić information content (AvgIpc) is 2.60. The van der Waals surface area contributed by atoms with E-state index in [9.17, 15) is 13.2 Å². The van der Waals surface area contributed by atoms with Crippen molar-refractivity contribution in [3.8, 4) is 6.07 Å². The number of hydrogen-bond acceptors (Lipinski definition) is 2. The maximum atomic E-state index is 13.9. The van der Waals surface area contributed by atoms with Gasteiger partial charge >= 0.3 is 0 Å². The molecule has 0 saturated carbocycles. The Hall–Kier alpha value is -2.28. The zero-order valence-electron chi connectivity index (χ0n) is 14.9. The Labute approximate surface area is 173 Å². The molecule has 8 heteroatoms. The predicted molar refractivity (Wildman–Crippen MR) is 109 cm³/mol. The SMILES string of the molecule is CCNC(=NCc1ccc(C#N)cc1F)NC(C)c1ccc(F)cc1F.I.